The van der Waals surface area contributed by atoms with E-state index in [-0.39, 0.29) is 22.2 Å². The van der Waals surface area contributed by atoms with E-state index < -0.39 is 0 Å². The molecular weight excluding hydrogens is 380 g/mol. The van der Waals surface area contributed by atoms with Crippen molar-refractivity contribution in [3.8, 4) is 5.75 Å². The maximum absolute atomic E-state index is 5.48. The molecule has 2 aliphatic rings. The molecule has 174 valence electrons. The van der Waals surface area contributed by atoms with Crippen LogP contribution in [0.25, 0.3) is 0 Å². The van der Waals surface area contributed by atoms with Gasteiger partial charge in [0.2, 0.25) is 0 Å². The van der Waals surface area contributed by atoms with E-state index in [9.17, 15) is 0 Å². The van der Waals surface area contributed by atoms with Crippen molar-refractivity contribution in [2.75, 3.05) is 21.2 Å². The van der Waals surface area contributed by atoms with Crippen LogP contribution >= 0.6 is 0 Å². The predicted molar refractivity (Wildman–Crippen MR) is 132 cm³/mol. The molecule has 0 aliphatic carbocycles. The van der Waals surface area contributed by atoms with Crippen LogP contribution in [-0.4, -0.2) is 53.2 Å². The molecule has 2 fully saturated rings. The van der Waals surface area contributed by atoms with E-state index in [0.717, 1.165) is 18.6 Å². The minimum Gasteiger partial charge on any atom is -0.497 e. The van der Waals surface area contributed by atoms with Crippen molar-refractivity contribution >= 4 is 0 Å². The zero-order valence-electron chi connectivity index (χ0n) is 21.9. The van der Waals surface area contributed by atoms with Crippen LogP contribution in [0.4, 0.5) is 0 Å². The summed E-state index contributed by atoms with van der Waals surface area (Å²) in [6, 6.07) is 8.87. The first kappa shape index (κ1) is 24.6. The molecule has 0 spiro atoms. The number of hydrogen-bond acceptors (Lipinski definition) is 3. The third kappa shape index (κ3) is 4.17. The number of piperidine rings is 2. The first-order valence-electron chi connectivity index (χ1n) is 11.9. The second-order valence-electron chi connectivity index (χ2n) is 12.3. The molecule has 2 heterocycles. The third-order valence-corrected chi connectivity index (χ3v) is 9.19. The Morgan fingerprint density at radius 3 is 1.48 bits per heavy atom. The summed E-state index contributed by atoms with van der Waals surface area (Å²) in [5.74, 6) is 2.24. The molecule has 2 atom stereocenters. The molecule has 1 aromatic rings. The Morgan fingerprint density at radius 1 is 0.742 bits per heavy atom. The molecule has 0 bridgehead atoms. The van der Waals surface area contributed by atoms with E-state index in [1.807, 2.05) is 0 Å². The maximum Gasteiger partial charge on any atom is 0.118 e. The quantitative estimate of drug-likeness (QED) is 0.569. The van der Waals surface area contributed by atoms with Gasteiger partial charge in [-0.3, -0.25) is 9.80 Å². The lowest BCUT2D eigenvalue weighted by Crippen LogP contribution is -2.66. The molecule has 31 heavy (non-hydrogen) atoms. The number of benzene rings is 1. The summed E-state index contributed by atoms with van der Waals surface area (Å²) in [5, 5.41) is 0. The van der Waals surface area contributed by atoms with E-state index in [1.165, 1.54) is 5.56 Å². The number of ether oxygens (including phenoxy) is 1. The van der Waals surface area contributed by atoms with Gasteiger partial charge in [-0.25, -0.2) is 0 Å². The fourth-order valence-electron chi connectivity index (χ4n) is 6.33. The average Bonchev–Trinajstić information content (AvgIpc) is 2.69. The second kappa shape index (κ2) is 8.06. The molecule has 0 saturated carbocycles. The Labute approximate surface area is 192 Å². The first-order valence-corrected chi connectivity index (χ1v) is 11.9. The van der Waals surface area contributed by atoms with Crippen molar-refractivity contribution in [3.63, 3.8) is 0 Å². The van der Waals surface area contributed by atoms with Gasteiger partial charge in [0.1, 0.15) is 5.75 Å². The number of rotatable bonds is 4. The summed E-state index contributed by atoms with van der Waals surface area (Å²) in [6.45, 7) is 19.2. The summed E-state index contributed by atoms with van der Waals surface area (Å²) in [4.78, 5) is 5.23. The van der Waals surface area contributed by atoms with E-state index in [4.69, 9.17) is 4.74 Å². The molecule has 3 nitrogen and oxygen atoms in total. The molecule has 2 aliphatic heterocycles. The zero-order valence-corrected chi connectivity index (χ0v) is 21.9. The van der Waals surface area contributed by atoms with Gasteiger partial charge in [0.05, 0.1) is 7.11 Å². The third-order valence-electron chi connectivity index (χ3n) is 9.19. The second-order valence-corrected chi connectivity index (χ2v) is 12.3. The highest BCUT2D eigenvalue weighted by molar-refractivity contribution is 5.34. The topological polar surface area (TPSA) is 15.7 Å². The van der Waals surface area contributed by atoms with Crippen molar-refractivity contribution in [1.82, 2.24) is 9.80 Å². The van der Waals surface area contributed by atoms with Crippen LogP contribution in [0.1, 0.15) is 79.7 Å². The summed E-state index contributed by atoms with van der Waals surface area (Å²) < 4.78 is 5.48. The van der Waals surface area contributed by atoms with Gasteiger partial charge in [0, 0.05) is 22.2 Å². The number of methoxy groups -OCH3 is 1. The monoisotopic (exact) mass is 426 g/mol. The molecule has 3 rings (SSSR count). The van der Waals surface area contributed by atoms with Gasteiger partial charge in [-0.05, 0) is 131 Å². The number of hydrogen-bond donors (Lipinski definition) is 0. The minimum atomic E-state index is 0.0573. The van der Waals surface area contributed by atoms with Crippen molar-refractivity contribution < 1.29 is 4.74 Å². The maximum atomic E-state index is 5.48. The van der Waals surface area contributed by atoms with Crippen molar-refractivity contribution in [2.45, 2.75) is 96.3 Å². The Balaban J connectivity index is 2.10. The first-order chi connectivity index (χ1) is 14.2. The van der Waals surface area contributed by atoms with E-state index in [1.54, 1.807) is 7.11 Å². The normalized spacial score (nSPS) is 31.2. The Kier molecular flexibility index (Phi) is 6.39. The summed E-state index contributed by atoms with van der Waals surface area (Å²) in [5.41, 5.74) is 1.89. The Bertz CT molecular complexity index is 720. The van der Waals surface area contributed by atoms with E-state index >= 15 is 0 Å². The Morgan fingerprint density at radius 2 is 1.13 bits per heavy atom. The van der Waals surface area contributed by atoms with Gasteiger partial charge in [0.15, 0.2) is 0 Å². The van der Waals surface area contributed by atoms with Crippen LogP contribution < -0.4 is 4.74 Å². The van der Waals surface area contributed by atoms with E-state index in [2.05, 4.69) is 116 Å². The van der Waals surface area contributed by atoms with Crippen LogP contribution in [0.3, 0.4) is 0 Å². The van der Waals surface area contributed by atoms with Gasteiger partial charge in [-0.15, -0.1) is 0 Å². The number of likely N-dealkylation sites (tertiary alicyclic amines) is 2. The summed E-state index contributed by atoms with van der Waals surface area (Å²) >= 11 is 0. The largest absolute Gasteiger partial charge is 0.497 e. The lowest BCUT2D eigenvalue weighted by atomic mass is 9.57. The van der Waals surface area contributed by atoms with Crippen molar-refractivity contribution in [1.29, 1.82) is 0 Å². The molecule has 1 aromatic carbocycles. The SMILES string of the molecule is COc1ccc(C(C2[CH]CC(C)(C)N(C)C2(C)C)C2[CH]CC(C)(C)N(C)C2(C)C)cc1. The van der Waals surface area contributed by atoms with Gasteiger partial charge >= 0.3 is 0 Å². The predicted octanol–water partition coefficient (Wildman–Crippen LogP) is 6.21. The molecule has 2 radical (unpaired) electrons. The van der Waals surface area contributed by atoms with Gasteiger partial charge in [-0.2, -0.15) is 0 Å². The van der Waals surface area contributed by atoms with Crippen LogP contribution in [0.15, 0.2) is 24.3 Å². The lowest BCUT2D eigenvalue weighted by molar-refractivity contribution is -0.0652. The van der Waals surface area contributed by atoms with Crippen LogP contribution in [0.2, 0.25) is 0 Å². The fourth-order valence-corrected chi connectivity index (χ4v) is 6.33. The Hall–Kier alpha value is -1.06. The van der Waals surface area contributed by atoms with Crippen LogP contribution in [0, 0.1) is 24.7 Å². The fraction of sp³-hybridized carbons (Fsp3) is 0.714. The molecule has 3 heteroatoms. The lowest BCUT2D eigenvalue weighted by Gasteiger charge is -2.62. The summed E-state index contributed by atoms with van der Waals surface area (Å²) in [7, 11) is 6.38. The average molecular weight is 427 g/mol. The van der Waals surface area contributed by atoms with Gasteiger partial charge in [-0.1, -0.05) is 12.1 Å². The van der Waals surface area contributed by atoms with Gasteiger partial charge in [0.25, 0.3) is 0 Å². The highest BCUT2D eigenvalue weighted by Crippen LogP contribution is 2.55. The minimum absolute atomic E-state index is 0.0573. The standard InChI is InChI=1S/C28H46N2O/c1-25(2)18-16-22(27(5,6)29(25)9)24(20-12-14-21(31-11)15-13-20)23-17-19-26(3,4)30(10)28(23,7)8/h12-17,22-24H,18-19H2,1-11H3. The highest BCUT2D eigenvalue weighted by Gasteiger charge is 2.54. The van der Waals surface area contributed by atoms with Crippen LogP contribution in [0.5, 0.6) is 5.75 Å². The summed E-state index contributed by atoms with van der Waals surface area (Å²) in [6.07, 6.45) is 7.49. The highest BCUT2D eigenvalue weighted by atomic mass is 16.5. The molecule has 2 saturated heterocycles. The molecule has 0 N–H and O–H groups in total. The molecule has 0 aromatic heterocycles. The molecule has 0 amide bonds. The van der Waals surface area contributed by atoms with E-state index in [0.29, 0.717) is 17.8 Å². The smallest absolute Gasteiger partial charge is 0.118 e. The molecular formula is C28H46N2O. The van der Waals surface area contributed by atoms with Crippen molar-refractivity contribution in [3.05, 3.63) is 42.7 Å². The molecule has 2 unspecified atom stereocenters. The number of nitrogens with zero attached hydrogens (tertiary/aromatic N) is 2. The van der Waals surface area contributed by atoms with Crippen LogP contribution in [-0.2, 0) is 0 Å². The zero-order chi connectivity index (χ0) is 23.4. The van der Waals surface area contributed by atoms with Gasteiger partial charge < -0.3 is 4.74 Å². The van der Waals surface area contributed by atoms with Crippen molar-refractivity contribution in [2.24, 2.45) is 11.8 Å².